The molecule has 3 fully saturated rings. The topological polar surface area (TPSA) is 67.4 Å². The van der Waals surface area contributed by atoms with Crippen molar-refractivity contribution in [3.05, 3.63) is 41.6 Å². The zero-order valence-electron chi connectivity index (χ0n) is 15.8. The summed E-state index contributed by atoms with van der Waals surface area (Å²) in [5, 5.41) is 2.94. The molecule has 4 aliphatic rings. The second kappa shape index (κ2) is 6.27. The van der Waals surface area contributed by atoms with Crippen LogP contribution in [0.15, 0.2) is 30.3 Å². The molecule has 0 bridgehead atoms. The first kappa shape index (κ1) is 16.5. The summed E-state index contributed by atoms with van der Waals surface area (Å²) in [4.78, 5) is 24.6. The van der Waals surface area contributed by atoms with Crippen LogP contribution in [0, 0.1) is 23.7 Å². The van der Waals surface area contributed by atoms with Crippen LogP contribution in [0.4, 0.5) is 5.82 Å². The number of hydrogen-bond acceptors (Lipinski definition) is 5. The number of carbonyl (C=O) groups is 1. The van der Waals surface area contributed by atoms with Crippen LogP contribution in [0.25, 0.3) is 11.4 Å². The zero-order valence-corrected chi connectivity index (χ0v) is 15.8. The van der Waals surface area contributed by atoms with Gasteiger partial charge in [-0.2, -0.15) is 0 Å². The van der Waals surface area contributed by atoms with Crippen LogP contribution in [0.1, 0.15) is 22.5 Å². The van der Waals surface area contributed by atoms with Crippen LogP contribution in [-0.2, 0) is 11.2 Å². The number of hydrogen-bond donors (Lipinski definition) is 1. The number of benzene rings is 1. The van der Waals surface area contributed by atoms with E-state index in [1.807, 2.05) is 30.3 Å². The predicted octanol–water partition coefficient (Wildman–Crippen LogP) is 2.15. The number of aromatic nitrogens is 2. The van der Waals surface area contributed by atoms with Crippen LogP contribution >= 0.6 is 0 Å². The van der Waals surface area contributed by atoms with Crippen molar-refractivity contribution in [1.29, 1.82) is 0 Å². The lowest BCUT2D eigenvalue weighted by Crippen LogP contribution is -2.36. The average molecular weight is 376 g/mol. The molecule has 1 aromatic carbocycles. The van der Waals surface area contributed by atoms with Crippen LogP contribution < -0.4 is 10.2 Å². The Hall–Kier alpha value is -2.47. The molecule has 0 unspecified atom stereocenters. The Kier molecular flexibility index (Phi) is 3.69. The average Bonchev–Trinajstić information content (AvgIpc) is 3.41. The molecule has 3 aliphatic heterocycles. The van der Waals surface area contributed by atoms with Crippen molar-refractivity contribution in [2.24, 2.45) is 23.7 Å². The predicted molar refractivity (Wildman–Crippen MR) is 105 cm³/mol. The summed E-state index contributed by atoms with van der Waals surface area (Å²) in [6.07, 6.45) is 2.07. The lowest BCUT2D eigenvalue weighted by Gasteiger charge is -2.27. The summed E-state index contributed by atoms with van der Waals surface area (Å²) in [6.45, 7) is 4.58. The Labute approximate surface area is 164 Å². The third-order valence-electron chi connectivity index (χ3n) is 7.09. The molecule has 6 rings (SSSR count). The van der Waals surface area contributed by atoms with Gasteiger partial charge >= 0.3 is 0 Å². The Balaban J connectivity index is 1.41. The van der Waals surface area contributed by atoms with Crippen LogP contribution in [0.2, 0.25) is 0 Å². The molecule has 2 aromatic rings. The quantitative estimate of drug-likeness (QED) is 0.870. The maximum absolute atomic E-state index is 12.5. The highest BCUT2D eigenvalue weighted by Crippen LogP contribution is 2.49. The Bertz CT molecular complexity index is 932. The molecular formula is C22H24N4O2. The summed E-state index contributed by atoms with van der Waals surface area (Å²) >= 11 is 0. The Morgan fingerprint density at radius 3 is 2.82 bits per heavy atom. The van der Waals surface area contributed by atoms with Crippen LogP contribution in [-0.4, -0.2) is 48.7 Å². The van der Waals surface area contributed by atoms with E-state index < -0.39 is 0 Å². The highest BCUT2D eigenvalue weighted by atomic mass is 16.5. The van der Waals surface area contributed by atoms with Crippen LogP contribution in [0.5, 0.6) is 0 Å². The Morgan fingerprint density at radius 2 is 1.93 bits per heavy atom. The van der Waals surface area contributed by atoms with E-state index in [1.165, 1.54) is 6.42 Å². The molecule has 4 heterocycles. The van der Waals surface area contributed by atoms with Crippen molar-refractivity contribution in [1.82, 2.24) is 15.3 Å². The molecule has 144 valence electrons. The highest BCUT2D eigenvalue weighted by molar-refractivity contribution is 5.96. The molecule has 1 aromatic heterocycles. The number of carbonyl (C=O) groups excluding carboxylic acids is 1. The summed E-state index contributed by atoms with van der Waals surface area (Å²) < 4.78 is 5.75. The fourth-order valence-corrected chi connectivity index (χ4v) is 5.78. The van der Waals surface area contributed by atoms with Gasteiger partial charge in [-0.1, -0.05) is 30.3 Å². The van der Waals surface area contributed by atoms with Crippen LogP contribution in [0.3, 0.4) is 0 Å². The normalized spacial score (nSPS) is 30.7. The molecule has 6 heteroatoms. The monoisotopic (exact) mass is 376 g/mol. The number of nitrogens with one attached hydrogen (secondary N) is 1. The van der Waals surface area contributed by atoms with Gasteiger partial charge in [-0.05, 0) is 36.5 Å². The van der Waals surface area contributed by atoms with Crippen molar-refractivity contribution in [2.75, 3.05) is 37.7 Å². The molecule has 1 aliphatic carbocycles. The van der Waals surface area contributed by atoms with Crippen molar-refractivity contribution < 1.29 is 9.53 Å². The highest BCUT2D eigenvalue weighted by Gasteiger charge is 2.50. The SMILES string of the molecule is O=C1NCCc2c1nc(-c1ccccc1)nc2N1C[C@@H]2C[C@@H]3COC[C@@H]3[C@@H]2C1. The van der Waals surface area contributed by atoms with Gasteiger partial charge in [0.25, 0.3) is 5.91 Å². The van der Waals surface area contributed by atoms with E-state index in [1.54, 1.807) is 0 Å². The van der Waals surface area contributed by atoms with E-state index in [0.29, 0.717) is 29.9 Å². The number of nitrogens with zero attached hydrogens (tertiary/aromatic N) is 3. The third-order valence-corrected chi connectivity index (χ3v) is 7.09. The fourth-order valence-electron chi connectivity index (χ4n) is 5.78. The smallest absolute Gasteiger partial charge is 0.270 e. The van der Waals surface area contributed by atoms with Gasteiger partial charge in [0.15, 0.2) is 5.82 Å². The largest absolute Gasteiger partial charge is 0.381 e. The van der Waals surface area contributed by atoms with Gasteiger partial charge in [-0.15, -0.1) is 0 Å². The van der Waals surface area contributed by atoms with E-state index in [4.69, 9.17) is 9.72 Å². The molecule has 0 spiro atoms. The molecule has 2 saturated heterocycles. The molecule has 28 heavy (non-hydrogen) atoms. The summed E-state index contributed by atoms with van der Waals surface area (Å²) in [5.74, 6) is 4.41. The minimum absolute atomic E-state index is 0.0780. The van der Waals surface area contributed by atoms with Gasteiger partial charge in [-0.25, -0.2) is 9.97 Å². The van der Waals surface area contributed by atoms with Gasteiger partial charge in [-0.3, -0.25) is 4.79 Å². The van der Waals surface area contributed by atoms with E-state index in [-0.39, 0.29) is 5.91 Å². The molecule has 4 atom stereocenters. The maximum Gasteiger partial charge on any atom is 0.270 e. The first-order chi connectivity index (χ1) is 13.8. The second-order valence-electron chi connectivity index (χ2n) is 8.60. The van der Waals surface area contributed by atoms with Crippen molar-refractivity contribution >= 4 is 11.7 Å². The maximum atomic E-state index is 12.5. The minimum atomic E-state index is -0.0780. The first-order valence-corrected chi connectivity index (χ1v) is 10.3. The number of fused-ring (bicyclic) bond motifs is 4. The number of anilines is 1. The van der Waals surface area contributed by atoms with E-state index in [9.17, 15) is 4.79 Å². The van der Waals surface area contributed by atoms with Gasteiger partial charge in [0.1, 0.15) is 11.5 Å². The summed E-state index contributed by atoms with van der Waals surface area (Å²) in [6, 6.07) is 9.96. The van der Waals surface area contributed by atoms with Crippen molar-refractivity contribution in [3.8, 4) is 11.4 Å². The lowest BCUT2D eigenvalue weighted by molar-refractivity contribution is 0.0940. The zero-order chi connectivity index (χ0) is 18.7. The van der Waals surface area contributed by atoms with Crippen molar-refractivity contribution in [3.63, 3.8) is 0 Å². The first-order valence-electron chi connectivity index (χ1n) is 10.3. The number of amides is 1. The molecule has 6 nitrogen and oxygen atoms in total. The van der Waals surface area contributed by atoms with Gasteiger partial charge in [0, 0.05) is 37.4 Å². The fraction of sp³-hybridized carbons (Fsp3) is 0.500. The second-order valence-corrected chi connectivity index (χ2v) is 8.60. The number of rotatable bonds is 2. The third kappa shape index (κ3) is 2.47. The van der Waals surface area contributed by atoms with E-state index >= 15 is 0 Å². The molecule has 1 amide bonds. The molecule has 1 N–H and O–H groups in total. The van der Waals surface area contributed by atoms with Crippen molar-refractivity contribution in [2.45, 2.75) is 12.8 Å². The lowest BCUT2D eigenvalue weighted by atomic mass is 9.91. The van der Waals surface area contributed by atoms with E-state index in [2.05, 4.69) is 15.2 Å². The van der Waals surface area contributed by atoms with E-state index in [0.717, 1.165) is 61.5 Å². The summed E-state index contributed by atoms with van der Waals surface area (Å²) in [7, 11) is 0. The van der Waals surface area contributed by atoms with Gasteiger partial charge in [0.05, 0.1) is 6.61 Å². The molecular weight excluding hydrogens is 352 g/mol. The van der Waals surface area contributed by atoms with Gasteiger partial charge in [0.2, 0.25) is 0 Å². The number of ether oxygens (including phenoxy) is 1. The standard InChI is InChI=1S/C22H24N4O2/c27-22-19-16(6-7-23-22)21(25-20(24-19)13-4-2-1-3-5-13)26-9-14-8-15-11-28-12-18(15)17(14)10-26/h1-5,14-15,17-18H,6-12H2,(H,23,27)/t14-,15+,17+,18-/m0/s1. The summed E-state index contributed by atoms with van der Waals surface area (Å²) in [5.41, 5.74) is 2.52. The molecule has 1 saturated carbocycles. The Morgan fingerprint density at radius 1 is 1.04 bits per heavy atom. The minimum Gasteiger partial charge on any atom is -0.381 e. The van der Waals surface area contributed by atoms with Gasteiger partial charge < -0.3 is 15.0 Å². The molecule has 0 radical (unpaired) electrons.